The van der Waals surface area contributed by atoms with Crippen molar-refractivity contribution in [1.29, 1.82) is 0 Å². The van der Waals surface area contributed by atoms with E-state index in [2.05, 4.69) is 26.2 Å². The average molecular weight is 469 g/mol. The van der Waals surface area contributed by atoms with E-state index >= 15 is 0 Å². The Morgan fingerprint density at radius 3 is 2.42 bits per heavy atom. The maximum Gasteiger partial charge on any atom is 0.323 e. The van der Waals surface area contributed by atoms with E-state index in [9.17, 15) is 14.4 Å². The van der Waals surface area contributed by atoms with Gasteiger partial charge in [-0.3, -0.25) is 24.8 Å². The lowest BCUT2D eigenvalue weighted by Gasteiger charge is -2.28. The molecule has 4 heterocycles. The summed E-state index contributed by atoms with van der Waals surface area (Å²) >= 11 is 1.20. The third kappa shape index (κ3) is 3.18. The second kappa shape index (κ2) is 7.44. The van der Waals surface area contributed by atoms with Crippen LogP contribution in [0.5, 0.6) is 0 Å². The number of nitrogens with zero attached hydrogens (tertiary/aromatic N) is 5. The summed E-state index contributed by atoms with van der Waals surface area (Å²) in [6.45, 7) is 11.6. The van der Waals surface area contributed by atoms with Crippen LogP contribution >= 0.6 is 11.3 Å². The first-order chi connectivity index (χ1) is 15.7. The van der Waals surface area contributed by atoms with Crippen LogP contribution in [0.4, 0.5) is 10.5 Å². The van der Waals surface area contributed by atoms with Gasteiger partial charge in [0.2, 0.25) is 4.80 Å². The Kier molecular flexibility index (Phi) is 4.89. The van der Waals surface area contributed by atoms with Crippen molar-refractivity contribution in [3.8, 4) is 0 Å². The molecule has 0 aliphatic carbocycles. The van der Waals surface area contributed by atoms with Crippen molar-refractivity contribution >= 4 is 34.5 Å². The average Bonchev–Trinajstić information content (AvgIpc) is 3.32. The van der Waals surface area contributed by atoms with Gasteiger partial charge in [0, 0.05) is 25.2 Å². The first kappa shape index (κ1) is 21.7. The molecular weight excluding hydrogens is 440 g/mol. The Bertz CT molecular complexity index is 1340. The van der Waals surface area contributed by atoms with Crippen LogP contribution in [0.3, 0.4) is 0 Å². The van der Waals surface area contributed by atoms with Gasteiger partial charge in [-0.25, -0.2) is 9.79 Å². The van der Waals surface area contributed by atoms with Crippen molar-refractivity contribution in [3.05, 3.63) is 49.5 Å². The molecule has 0 bridgehead atoms. The standard InChI is InChI=1S/C23H28N6O3S/c1-6-26-17-18(27(7-2)22(26)32)25-29-20(31)16(33-21(29)24-17)15-13-10-8-9-11-14(13)28(19(15)30)12-23(3,4)5/h8-11,17-18,25H,6-7,12H2,1-5H3/b16-15-. The number of hydrogen-bond acceptors (Lipinski definition) is 6. The van der Waals surface area contributed by atoms with Crippen LogP contribution in [0.2, 0.25) is 0 Å². The van der Waals surface area contributed by atoms with Crippen molar-refractivity contribution in [2.75, 3.05) is 30.0 Å². The topological polar surface area (TPSA) is 90.3 Å². The summed E-state index contributed by atoms with van der Waals surface area (Å²) in [5.41, 5.74) is 4.80. The molecule has 0 radical (unpaired) electrons. The van der Waals surface area contributed by atoms with Crippen LogP contribution in [0.1, 0.15) is 40.2 Å². The normalized spacial score (nSPS) is 23.4. The number of para-hydroxylation sites is 1. The number of likely N-dealkylation sites (N-methyl/N-ethyl adjacent to an activating group) is 2. The number of nitrogens with one attached hydrogen (secondary N) is 1. The number of amides is 3. The molecule has 2 aromatic rings. The molecule has 1 saturated heterocycles. The molecule has 174 valence electrons. The molecule has 3 aliphatic heterocycles. The van der Waals surface area contributed by atoms with Crippen molar-refractivity contribution in [1.82, 2.24) is 14.5 Å². The highest BCUT2D eigenvalue weighted by Crippen LogP contribution is 2.37. The summed E-state index contributed by atoms with van der Waals surface area (Å²) in [5.74, 6) is -0.164. The molecule has 0 saturated carbocycles. The van der Waals surface area contributed by atoms with Gasteiger partial charge in [-0.1, -0.05) is 50.3 Å². The van der Waals surface area contributed by atoms with Gasteiger partial charge in [0.25, 0.3) is 11.5 Å². The van der Waals surface area contributed by atoms with E-state index in [1.165, 1.54) is 16.0 Å². The zero-order valence-electron chi connectivity index (χ0n) is 19.5. The minimum Gasteiger partial charge on any atom is -0.307 e. The summed E-state index contributed by atoms with van der Waals surface area (Å²) in [7, 11) is 0. The summed E-state index contributed by atoms with van der Waals surface area (Å²) < 4.78 is 1.76. The number of urea groups is 1. The third-order valence-electron chi connectivity index (χ3n) is 6.18. The molecule has 1 aromatic heterocycles. The Balaban J connectivity index is 1.70. The molecular formula is C23H28N6O3S. The molecule has 9 nitrogen and oxygen atoms in total. The van der Waals surface area contributed by atoms with Gasteiger partial charge in [-0.2, -0.15) is 4.68 Å². The zero-order chi connectivity index (χ0) is 23.7. The lowest BCUT2D eigenvalue weighted by atomic mass is 9.96. The molecule has 1 N–H and O–H groups in total. The highest BCUT2D eigenvalue weighted by Gasteiger charge is 2.47. The number of carbonyl (C=O) groups excluding carboxylic acids is 2. The molecule has 2 unspecified atom stereocenters. The molecule has 2 atom stereocenters. The summed E-state index contributed by atoms with van der Waals surface area (Å²) in [6.07, 6.45) is -0.841. The highest BCUT2D eigenvalue weighted by atomic mass is 32.1. The summed E-state index contributed by atoms with van der Waals surface area (Å²) in [4.78, 5) is 50.2. The first-order valence-corrected chi connectivity index (χ1v) is 12.1. The fraction of sp³-hybridized carbons (Fsp3) is 0.478. The fourth-order valence-electron chi connectivity index (χ4n) is 4.76. The lowest BCUT2D eigenvalue weighted by Crippen LogP contribution is -2.55. The van der Waals surface area contributed by atoms with Gasteiger partial charge in [-0.15, -0.1) is 0 Å². The van der Waals surface area contributed by atoms with Crippen molar-refractivity contribution in [2.24, 2.45) is 10.4 Å². The maximum absolute atomic E-state index is 13.6. The number of aromatic nitrogens is 1. The van der Waals surface area contributed by atoms with Gasteiger partial charge in [0.05, 0.1) is 11.3 Å². The number of anilines is 1. The van der Waals surface area contributed by atoms with Crippen LogP contribution in [0.15, 0.2) is 34.1 Å². The molecule has 3 amide bonds. The SMILES string of the molecule is CCN1C(=O)N(CC)C2Nn3c(s/c(=C4\C(=O)N(CC(C)(C)C)c5ccccc54)c3=O)=NC21. The second-order valence-corrected chi connectivity index (χ2v) is 10.6. The van der Waals surface area contributed by atoms with E-state index in [1.807, 2.05) is 38.1 Å². The van der Waals surface area contributed by atoms with Gasteiger partial charge in [0.15, 0.2) is 12.3 Å². The highest BCUT2D eigenvalue weighted by molar-refractivity contribution is 7.07. The molecule has 33 heavy (non-hydrogen) atoms. The number of rotatable bonds is 3. The third-order valence-corrected chi connectivity index (χ3v) is 7.23. The van der Waals surface area contributed by atoms with Crippen LogP contribution in [0, 0.1) is 5.41 Å². The number of thiazole rings is 1. The van der Waals surface area contributed by atoms with Crippen LogP contribution in [-0.4, -0.2) is 58.4 Å². The Morgan fingerprint density at radius 2 is 1.76 bits per heavy atom. The Hall–Kier alpha value is -3.14. The van der Waals surface area contributed by atoms with E-state index in [-0.39, 0.29) is 22.9 Å². The number of fused-ring (bicyclic) bond motifs is 3. The first-order valence-electron chi connectivity index (χ1n) is 11.2. The molecule has 10 heteroatoms. The van der Waals surface area contributed by atoms with Gasteiger partial charge >= 0.3 is 6.03 Å². The molecule has 1 aromatic carbocycles. The van der Waals surface area contributed by atoms with Gasteiger partial charge in [-0.05, 0) is 25.3 Å². The summed E-state index contributed by atoms with van der Waals surface area (Å²) in [6, 6.07) is 7.51. The number of carbonyl (C=O) groups is 2. The predicted molar refractivity (Wildman–Crippen MR) is 127 cm³/mol. The Morgan fingerprint density at radius 1 is 1.06 bits per heavy atom. The molecule has 0 spiro atoms. The van der Waals surface area contributed by atoms with Gasteiger partial charge < -0.3 is 4.90 Å². The van der Waals surface area contributed by atoms with E-state index in [0.717, 1.165) is 11.3 Å². The lowest BCUT2D eigenvalue weighted by molar-refractivity contribution is -0.113. The summed E-state index contributed by atoms with van der Waals surface area (Å²) in [5, 5.41) is 0. The smallest absolute Gasteiger partial charge is 0.307 e. The van der Waals surface area contributed by atoms with E-state index in [1.54, 1.807) is 14.7 Å². The fourth-order valence-corrected chi connectivity index (χ4v) is 5.81. The minimum atomic E-state index is -0.427. The number of benzene rings is 1. The number of hydrogen-bond donors (Lipinski definition) is 1. The Labute approximate surface area is 195 Å². The van der Waals surface area contributed by atoms with Crippen molar-refractivity contribution in [3.63, 3.8) is 0 Å². The van der Waals surface area contributed by atoms with Crippen molar-refractivity contribution in [2.45, 2.75) is 47.0 Å². The van der Waals surface area contributed by atoms with E-state index in [4.69, 9.17) is 4.99 Å². The monoisotopic (exact) mass is 468 g/mol. The van der Waals surface area contributed by atoms with Crippen LogP contribution in [-0.2, 0) is 4.79 Å². The largest absolute Gasteiger partial charge is 0.323 e. The van der Waals surface area contributed by atoms with E-state index < -0.39 is 12.3 Å². The van der Waals surface area contributed by atoms with Gasteiger partial charge in [0.1, 0.15) is 4.53 Å². The zero-order valence-corrected chi connectivity index (χ0v) is 20.3. The predicted octanol–water partition coefficient (Wildman–Crippen LogP) is 1.11. The van der Waals surface area contributed by atoms with E-state index in [0.29, 0.717) is 34.5 Å². The van der Waals surface area contributed by atoms with Crippen LogP contribution in [0.25, 0.3) is 5.57 Å². The molecule has 1 fully saturated rings. The quantitative estimate of drug-likeness (QED) is 0.731. The maximum atomic E-state index is 13.6. The molecule has 5 rings (SSSR count). The molecule has 3 aliphatic rings. The second-order valence-electron chi connectivity index (χ2n) is 9.67. The van der Waals surface area contributed by atoms with Crippen LogP contribution < -0.4 is 25.2 Å². The van der Waals surface area contributed by atoms with Crippen molar-refractivity contribution < 1.29 is 9.59 Å². The minimum absolute atomic E-state index is 0.0956.